The topological polar surface area (TPSA) is 72.0 Å². The molecule has 5 nitrogen and oxygen atoms in total. The number of hydrogen-bond acceptors (Lipinski definition) is 5. The number of nitrogens with one attached hydrogen (secondary N) is 1. The van der Waals surface area contributed by atoms with Crippen LogP contribution in [0.15, 0.2) is 28.7 Å². The molecule has 2 aromatic rings. The molecule has 2 rings (SSSR count). The lowest BCUT2D eigenvalue weighted by molar-refractivity contribution is 0.603. The lowest BCUT2D eigenvalue weighted by Gasteiger charge is -2.04. The molecule has 0 aliphatic heterocycles. The molecular weight excluding hydrogens is 305 g/mol. The Morgan fingerprint density at radius 3 is 2.47 bits per heavy atom. The Labute approximate surface area is 111 Å². The summed E-state index contributed by atoms with van der Waals surface area (Å²) in [5.74, 6) is 0.0962. The van der Waals surface area contributed by atoms with E-state index in [-0.39, 0.29) is 15.2 Å². The predicted octanol–water partition coefficient (Wildman–Crippen LogP) is 2.65. The van der Waals surface area contributed by atoms with Gasteiger partial charge < -0.3 is 0 Å². The van der Waals surface area contributed by atoms with Gasteiger partial charge in [-0.05, 0) is 12.1 Å². The van der Waals surface area contributed by atoms with Crippen molar-refractivity contribution < 1.29 is 8.42 Å². The maximum Gasteiger partial charge on any atom is 0.272 e. The Balaban J connectivity index is 2.26. The average molecular weight is 310 g/mol. The van der Waals surface area contributed by atoms with Gasteiger partial charge in [-0.3, -0.25) is 4.72 Å². The van der Waals surface area contributed by atoms with E-state index in [2.05, 4.69) is 14.7 Å². The second kappa shape index (κ2) is 4.77. The molecule has 17 heavy (non-hydrogen) atoms. The van der Waals surface area contributed by atoms with Crippen molar-refractivity contribution in [2.75, 3.05) is 4.72 Å². The van der Waals surface area contributed by atoms with E-state index in [0.717, 1.165) is 11.3 Å². The number of thiophene rings is 1. The van der Waals surface area contributed by atoms with Crippen LogP contribution in [-0.4, -0.2) is 18.4 Å². The third-order valence-corrected chi connectivity index (χ3v) is 4.95. The standard InChI is InChI=1S/C8H5Cl2N3O2S2/c9-5-3-12-7(4-11-5)13-17(14,15)8-2-1-6(10)16-8/h1-4H,(H,12,13). The van der Waals surface area contributed by atoms with E-state index in [9.17, 15) is 8.42 Å². The van der Waals surface area contributed by atoms with Gasteiger partial charge in [0.15, 0.2) is 5.82 Å². The van der Waals surface area contributed by atoms with Gasteiger partial charge in [-0.2, -0.15) is 0 Å². The Bertz CT molecular complexity index is 624. The number of sulfonamides is 1. The molecule has 0 aromatic carbocycles. The third kappa shape index (κ3) is 3.06. The van der Waals surface area contributed by atoms with Gasteiger partial charge in [0.05, 0.1) is 16.7 Å². The van der Waals surface area contributed by atoms with Gasteiger partial charge in [0.2, 0.25) is 0 Å². The molecule has 2 aromatic heterocycles. The summed E-state index contributed by atoms with van der Waals surface area (Å²) in [6, 6.07) is 2.92. The van der Waals surface area contributed by atoms with Crippen molar-refractivity contribution >= 4 is 50.4 Å². The van der Waals surface area contributed by atoms with E-state index >= 15 is 0 Å². The van der Waals surface area contributed by atoms with Crippen molar-refractivity contribution in [3.05, 3.63) is 34.0 Å². The molecule has 0 saturated carbocycles. The fourth-order valence-electron chi connectivity index (χ4n) is 0.995. The molecule has 1 N–H and O–H groups in total. The first-order chi connectivity index (χ1) is 7.97. The molecular formula is C8H5Cl2N3O2S2. The average Bonchev–Trinajstić information content (AvgIpc) is 2.69. The molecule has 0 unspecified atom stereocenters. The summed E-state index contributed by atoms with van der Waals surface area (Å²) < 4.78 is 26.5. The van der Waals surface area contributed by atoms with E-state index in [1.165, 1.54) is 24.5 Å². The molecule has 0 atom stereocenters. The molecule has 0 fully saturated rings. The summed E-state index contributed by atoms with van der Waals surface area (Å²) >= 11 is 12.2. The number of halogens is 2. The van der Waals surface area contributed by atoms with Gasteiger partial charge in [0.25, 0.3) is 10.0 Å². The molecule has 0 aliphatic carbocycles. The summed E-state index contributed by atoms with van der Waals surface area (Å²) in [7, 11) is -3.67. The normalized spacial score (nSPS) is 11.4. The van der Waals surface area contributed by atoms with Crippen molar-refractivity contribution in [3.63, 3.8) is 0 Å². The molecule has 0 spiro atoms. The van der Waals surface area contributed by atoms with Gasteiger partial charge in [0, 0.05) is 0 Å². The fourth-order valence-corrected chi connectivity index (χ4v) is 3.57. The van der Waals surface area contributed by atoms with Gasteiger partial charge in [-0.15, -0.1) is 11.3 Å². The van der Waals surface area contributed by atoms with E-state index in [1.807, 2.05) is 0 Å². The second-order valence-electron chi connectivity index (χ2n) is 2.89. The van der Waals surface area contributed by atoms with Crippen LogP contribution in [0.4, 0.5) is 5.82 Å². The van der Waals surface area contributed by atoms with Crippen LogP contribution in [0.5, 0.6) is 0 Å². The Hall–Kier alpha value is -0.890. The van der Waals surface area contributed by atoms with Crippen LogP contribution >= 0.6 is 34.5 Å². The summed E-state index contributed by atoms with van der Waals surface area (Å²) in [6.07, 6.45) is 2.48. The minimum absolute atomic E-state index is 0.0962. The molecule has 90 valence electrons. The van der Waals surface area contributed by atoms with Gasteiger partial charge >= 0.3 is 0 Å². The minimum atomic E-state index is -3.67. The summed E-state index contributed by atoms with van der Waals surface area (Å²) in [4.78, 5) is 7.50. The van der Waals surface area contributed by atoms with Crippen LogP contribution in [-0.2, 0) is 10.0 Å². The summed E-state index contributed by atoms with van der Waals surface area (Å²) in [5, 5.41) is 0.187. The minimum Gasteiger partial charge on any atom is -0.261 e. The molecule has 2 heterocycles. The molecule has 0 amide bonds. The number of nitrogens with zero attached hydrogens (tertiary/aromatic N) is 2. The molecule has 0 saturated heterocycles. The smallest absolute Gasteiger partial charge is 0.261 e. The highest BCUT2D eigenvalue weighted by Gasteiger charge is 2.17. The van der Waals surface area contributed by atoms with Crippen molar-refractivity contribution in [1.29, 1.82) is 0 Å². The zero-order valence-electron chi connectivity index (χ0n) is 8.09. The monoisotopic (exact) mass is 309 g/mol. The predicted molar refractivity (Wildman–Crippen MR) is 67.2 cm³/mol. The highest BCUT2D eigenvalue weighted by molar-refractivity contribution is 7.94. The first-order valence-electron chi connectivity index (χ1n) is 4.23. The highest BCUT2D eigenvalue weighted by Crippen LogP contribution is 2.26. The second-order valence-corrected chi connectivity index (χ2v) is 6.90. The number of hydrogen-bond donors (Lipinski definition) is 1. The van der Waals surface area contributed by atoms with E-state index in [0.29, 0.717) is 4.34 Å². The Morgan fingerprint density at radius 1 is 1.18 bits per heavy atom. The van der Waals surface area contributed by atoms with Crippen molar-refractivity contribution in [2.45, 2.75) is 4.21 Å². The van der Waals surface area contributed by atoms with Gasteiger partial charge in [-0.25, -0.2) is 18.4 Å². The van der Waals surface area contributed by atoms with Crippen LogP contribution in [0.25, 0.3) is 0 Å². The first-order valence-corrected chi connectivity index (χ1v) is 7.29. The number of rotatable bonds is 3. The Morgan fingerprint density at radius 2 is 1.94 bits per heavy atom. The lowest BCUT2D eigenvalue weighted by Crippen LogP contribution is -2.12. The molecule has 0 radical (unpaired) electrons. The van der Waals surface area contributed by atoms with Crippen LogP contribution in [0.2, 0.25) is 9.49 Å². The van der Waals surface area contributed by atoms with Crippen LogP contribution in [0.1, 0.15) is 0 Å². The van der Waals surface area contributed by atoms with Gasteiger partial charge in [-0.1, -0.05) is 23.2 Å². The van der Waals surface area contributed by atoms with E-state index < -0.39 is 10.0 Å². The lowest BCUT2D eigenvalue weighted by atomic mass is 10.7. The number of anilines is 1. The van der Waals surface area contributed by atoms with Crippen LogP contribution < -0.4 is 4.72 Å². The van der Waals surface area contributed by atoms with Crippen molar-refractivity contribution in [1.82, 2.24) is 9.97 Å². The summed E-state index contributed by atoms with van der Waals surface area (Å²) in [5.41, 5.74) is 0. The molecule has 0 bridgehead atoms. The number of aromatic nitrogens is 2. The first kappa shape index (κ1) is 12.6. The van der Waals surface area contributed by atoms with Crippen molar-refractivity contribution in [2.24, 2.45) is 0 Å². The quantitative estimate of drug-likeness (QED) is 0.946. The zero-order valence-corrected chi connectivity index (χ0v) is 11.2. The zero-order chi connectivity index (χ0) is 12.5. The Kier molecular flexibility index (Phi) is 3.53. The molecule has 9 heteroatoms. The maximum absolute atomic E-state index is 11.8. The molecule has 0 aliphatic rings. The van der Waals surface area contributed by atoms with Crippen molar-refractivity contribution in [3.8, 4) is 0 Å². The van der Waals surface area contributed by atoms with Crippen LogP contribution in [0, 0.1) is 0 Å². The summed E-state index contributed by atoms with van der Waals surface area (Å²) in [6.45, 7) is 0. The van der Waals surface area contributed by atoms with Crippen LogP contribution in [0.3, 0.4) is 0 Å². The van der Waals surface area contributed by atoms with E-state index in [4.69, 9.17) is 23.2 Å². The maximum atomic E-state index is 11.8. The fraction of sp³-hybridized carbons (Fsp3) is 0. The third-order valence-electron chi connectivity index (χ3n) is 1.67. The largest absolute Gasteiger partial charge is 0.272 e. The highest BCUT2D eigenvalue weighted by atomic mass is 35.5. The SMILES string of the molecule is O=S(=O)(Nc1cnc(Cl)cn1)c1ccc(Cl)s1. The van der Waals surface area contributed by atoms with E-state index in [1.54, 1.807) is 0 Å². The van der Waals surface area contributed by atoms with Gasteiger partial charge in [0.1, 0.15) is 9.36 Å².